The number of alkyl halides is 3. The van der Waals surface area contributed by atoms with E-state index < -0.39 is 46.0 Å². The molecule has 0 saturated heterocycles. The van der Waals surface area contributed by atoms with Crippen LogP contribution in [0.25, 0.3) is 28.4 Å². The quantitative estimate of drug-likeness (QED) is 0.344. The van der Waals surface area contributed by atoms with Gasteiger partial charge in [-0.1, -0.05) is 6.92 Å². The van der Waals surface area contributed by atoms with E-state index in [1.807, 2.05) is 0 Å². The Morgan fingerprint density at radius 3 is 2.33 bits per heavy atom. The Hall–Kier alpha value is -3.18. The van der Waals surface area contributed by atoms with Crippen molar-refractivity contribution in [1.29, 1.82) is 0 Å². The van der Waals surface area contributed by atoms with E-state index in [-0.39, 0.29) is 33.5 Å². The number of hydrogen-bond acceptors (Lipinski definition) is 9. The molecule has 0 aliphatic carbocycles. The molecule has 3 heterocycles. The van der Waals surface area contributed by atoms with Crippen molar-refractivity contribution >= 4 is 41.5 Å². The maximum absolute atomic E-state index is 12.9. The van der Waals surface area contributed by atoms with Crippen molar-refractivity contribution in [3.05, 3.63) is 36.7 Å². The number of pyridine rings is 1. The highest BCUT2D eigenvalue weighted by molar-refractivity contribution is 7.91. The number of benzene rings is 1. The Morgan fingerprint density at radius 1 is 1.06 bits per heavy atom. The standard InChI is InChI=1S/C19H17F3N6O5S3/c1-4-36(32,33)14-7-8-15(28-10-23-18(26-28)35(3,30)31)25-16(14)17-24-12-9-11(34(29)19(20,21)22)5-6-13(12)27(17)2/h5-10H,4H2,1-3H3. The van der Waals surface area contributed by atoms with Crippen molar-refractivity contribution in [1.82, 2.24) is 29.3 Å². The van der Waals surface area contributed by atoms with E-state index in [1.54, 1.807) is 0 Å². The molecule has 0 aliphatic heterocycles. The first-order chi connectivity index (χ1) is 16.6. The van der Waals surface area contributed by atoms with E-state index in [1.165, 1.54) is 36.7 Å². The van der Waals surface area contributed by atoms with Crippen LogP contribution >= 0.6 is 0 Å². The van der Waals surface area contributed by atoms with Crippen LogP contribution < -0.4 is 0 Å². The molecule has 0 aliphatic rings. The molecule has 0 bridgehead atoms. The van der Waals surface area contributed by atoms with Crippen LogP contribution in [0.5, 0.6) is 0 Å². The van der Waals surface area contributed by atoms with Gasteiger partial charge in [0.05, 0.1) is 26.6 Å². The normalized spacial score (nSPS) is 13.8. The maximum atomic E-state index is 12.9. The summed E-state index contributed by atoms with van der Waals surface area (Å²) in [5.41, 5.74) is -4.73. The SMILES string of the molecule is CCS(=O)(=O)c1ccc(-n2cnc(S(C)(=O)=O)n2)nc1-c1nc2cc(S(=O)C(F)(F)F)ccc2n1C. The van der Waals surface area contributed by atoms with Crippen molar-refractivity contribution in [3.63, 3.8) is 0 Å². The maximum Gasteiger partial charge on any atom is 0.475 e. The number of sulfone groups is 2. The summed E-state index contributed by atoms with van der Waals surface area (Å²) in [6.07, 6.45) is 2.01. The number of rotatable bonds is 6. The summed E-state index contributed by atoms with van der Waals surface area (Å²) in [4.78, 5) is 11.6. The molecule has 11 nitrogen and oxygen atoms in total. The fourth-order valence-electron chi connectivity index (χ4n) is 3.30. The molecular weight excluding hydrogens is 545 g/mol. The number of aryl methyl sites for hydroxylation is 1. The molecule has 192 valence electrons. The third kappa shape index (κ3) is 4.64. The van der Waals surface area contributed by atoms with Crippen molar-refractivity contribution < 1.29 is 34.2 Å². The molecule has 0 N–H and O–H groups in total. The molecule has 3 aromatic heterocycles. The molecular formula is C19H17F3N6O5S3. The Kier molecular flexibility index (Phi) is 6.28. The van der Waals surface area contributed by atoms with E-state index in [9.17, 15) is 34.2 Å². The van der Waals surface area contributed by atoms with Crippen molar-refractivity contribution in [2.45, 2.75) is 27.4 Å². The molecule has 4 aromatic rings. The Morgan fingerprint density at radius 2 is 1.75 bits per heavy atom. The van der Waals surface area contributed by atoms with E-state index in [0.29, 0.717) is 5.52 Å². The third-order valence-electron chi connectivity index (χ3n) is 5.08. The van der Waals surface area contributed by atoms with E-state index >= 15 is 0 Å². The molecule has 36 heavy (non-hydrogen) atoms. The summed E-state index contributed by atoms with van der Waals surface area (Å²) in [5.74, 6) is -0.257. The lowest BCUT2D eigenvalue weighted by atomic mass is 10.3. The molecule has 1 unspecified atom stereocenters. The average Bonchev–Trinajstić information content (AvgIpc) is 3.43. The summed E-state index contributed by atoms with van der Waals surface area (Å²) >= 11 is 0. The molecule has 0 fully saturated rings. The van der Waals surface area contributed by atoms with Crippen LogP contribution in [-0.2, 0) is 37.5 Å². The van der Waals surface area contributed by atoms with Gasteiger partial charge in [0.2, 0.25) is 9.84 Å². The van der Waals surface area contributed by atoms with Gasteiger partial charge in [-0.2, -0.15) is 13.2 Å². The zero-order valence-corrected chi connectivity index (χ0v) is 21.2. The minimum atomic E-state index is -4.97. The largest absolute Gasteiger partial charge is 0.475 e. The summed E-state index contributed by atoms with van der Waals surface area (Å²) in [7, 11) is -9.33. The molecule has 0 spiro atoms. The lowest BCUT2D eigenvalue weighted by Gasteiger charge is -2.11. The van der Waals surface area contributed by atoms with E-state index in [0.717, 1.165) is 29.4 Å². The molecule has 1 atom stereocenters. The number of fused-ring (bicyclic) bond motifs is 1. The van der Waals surface area contributed by atoms with Crippen LogP contribution in [0.4, 0.5) is 13.2 Å². The number of aromatic nitrogens is 6. The van der Waals surface area contributed by atoms with Crippen LogP contribution in [0.1, 0.15) is 6.92 Å². The highest BCUT2D eigenvalue weighted by Gasteiger charge is 2.38. The summed E-state index contributed by atoms with van der Waals surface area (Å²) in [5, 5.41) is 3.39. The third-order valence-corrected chi connectivity index (χ3v) is 8.80. The van der Waals surface area contributed by atoms with Crippen LogP contribution in [0.15, 0.2) is 51.6 Å². The fraction of sp³-hybridized carbons (Fsp3) is 0.263. The fourth-order valence-corrected chi connectivity index (χ4v) is 5.47. The summed E-state index contributed by atoms with van der Waals surface area (Å²) in [6, 6.07) is 5.91. The van der Waals surface area contributed by atoms with Gasteiger partial charge < -0.3 is 4.57 Å². The molecule has 0 amide bonds. The Balaban J connectivity index is 1.94. The number of hydrogen-bond donors (Lipinski definition) is 0. The first kappa shape index (κ1) is 25.9. The zero-order chi connectivity index (χ0) is 26.6. The predicted molar refractivity (Wildman–Crippen MR) is 122 cm³/mol. The molecule has 0 radical (unpaired) electrons. The van der Waals surface area contributed by atoms with Crippen LogP contribution in [0, 0.1) is 0 Å². The molecule has 17 heteroatoms. The van der Waals surface area contributed by atoms with Gasteiger partial charge in [-0.3, -0.25) is 0 Å². The van der Waals surface area contributed by atoms with Crippen molar-refractivity contribution in [2.24, 2.45) is 7.05 Å². The summed E-state index contributed by atoms with van der Waals surface area (Å²) < 4.78 is 102. The highest BCUT2D eigenvalue weighted by Crippen LogP contribution is 2.32. The topological polar surface area (TPSA) is 147 Å². The second kappa shape index (κ2) is 8.74. The summed E-state index contributed by atoms with van der Waals surface area (Å²) in [6.45, 7) is 1.43. The Bertz CT molecular complexity index is 1740. The van der Waals surface area contributed by atoms with Crippen LogP contribution in [-0.4, -0.2) is 67.9 Å². The van der Waals surface area contributed by atoms with Gasteiger partial charge in [-0.05, 0) is 30.3 Å². The lowest BCUT2D eigenvalue weighted by Crippen LogP contribution is -2.16. The highest BCUT2D eigenvalue weighted by atomic mass is 32.2. The first-order valence-electron chi connectivity index (χ1n) is 9.95. The minimum absolute atomic E-state index is 0.00253. The Labute approximate surface area is 205 Å². The predicted octanol–water partition coefficient (Wildman–Crippen LogP) is 2.04. The van der Waals surface area contributed by atoms with Crippen LogP contribution in [0.3, 0.4) is 0 Å². The van der Waals surface area contributed by atoms with Gasteiger partial charge >= 0.3 is 5.51 Å². The molecule has 0 saturated carbocycles. The van der Waals surface area contributed by atoms with E-state index in [2.05, 4.69) is 20.1 Å². The second-order valence-electron chi connectivity index (χ2n) is 7.52. The number of imidazole rings is 1. The van der Waals surface area contributed by atoms with Crippen molar-refractivity contribution in [2.75, 3.05) is 12.0 Å². The lowest BCUT2D eigenvalue weighted by molar-refractivity contribution is -0.0384. The van der Waals surface area contributed by atoms with Gasteiger partial charge in [0.25, 0.3) is 5.16 Å². The zero-order valence-electron chi connectivity index (χ0n) is 18.8. The van der Waals surface area contributed by atoms with Crippen LogP contribution in [0.2, 0.25) is 0 Å². The monoisotopic (exact) mass is 562 g/mol. The van der Waals surface area contributed by atoms with Gasteiger partial charge in [0.15, 0.2) is 32.3 Å². The van der Waals surface area contributed by atoms with Crippen molar-refractivity contribution in [3.8, 4) is 17.3 Å². The smallest absolute Gasteiger partial charge is 0.326 e. The average molecular weight is 563 g/mol. The molecule has 4 rings (SSSR count). The first-order valence-corrected chi connectivity index (χ1v) is 14.6. The van der Waals surface area contributed by atoms with Gasteiger partial charge in [-0.15, -0.1) is 5.10 Å². The van der Waals surface area contributed by atoms with Gasteiger partial charge in [0, 0.05) is 13.3 Å². The minimum Gasteiger partial charge on any atom is -0.326 e. The van der Waals surface area contributed by atoms with E-state index in [4.69, 9.17) is 0 Å². The number of nitrogens with zero attached hydrogens (tertiary/aromatic N) is 6. The van der Waals surface area contributed by atoms with Gasteiger partial charge in [-0.25, -0.2) is 40.7 Å². The van der Waals surface area contributed by atoms with Gasteiger partial charge in [0.1, 0.15) is 12.0 Å². The molecule has 1 aromatic carbocycles. The number of halogens is 3. The second-order valence-corrected chi connectivity index (χ2v) is 13.2.